The minimum Gasteiger partial charge on any atom is -0.452 e. The SMILES string of the molecule is C[C@@H]1C[C@H](C)CN(S(=O)(=O)c2ccc(C(=O)OCC(=O)N3CCc4ccccc43)cc2)C1. The van der Waals surface area contributed by atoms with E-state index in [1.54, 1.807) is 4.90 Å². The van der Waals surface area contributed by atoms with Crippen LogP contribution in [0.1, 0.15) is 36.2 Å². The second kappa shape index (κ2) is 9.03. The molecule has 7 nitrogen and oxygen atoms in total. The standard InChI is InChI=1S/C24H28N2O5S/c1-17-13-18(2)15-25(14-17)32(29,30)21-9-7-20(8-10-21)24(28)31-16-23(27)26-12-11-19-5-3-4-6-22(19)26/h3-10,17-18H,11-16H2,1-2H3/t17-,18+. The van der Waals surface area contributed by atoms with Crippen LogP contribution < -0.4 is 4.90 Å². The Morgan fingerprint density at radius 2 is 1.66 bits per heavy atom. The molecule has 32 heavy (non-hydrogen) atoms. The van der Waals surface area contributed by atoms with Crippen LogP contribution in [0, 0.1) is 11.8 Å². The lowest BCUT2D eigenvalue weighted by atomic mass is 9.94. The first-order valence-electron chi connectivity index (χ1n) is 10.9. The third-order valence-corrected chi connectivity index (χ3v) is 7.92. The van der Waals surface area contributed by atoms with Crippen LogP contribution in [0.5, 0.6) is 0 Å². The molecule has 2 aromatic carbocycles. The summed E-state index contributed by atoms with van der Waals surface area (Å²) in [5.41, 5.74) is 2.16. The van der Waals surface area contributed by atoms with E-state index in [1.807, 2.05) is 24.3 Å². The average Bonchev–Trinajstić information content (AvgIpc) is 3.21. The summed E-state index contributed by atoms with van der Waals surface area (Å²) in [4.78, 5) is 26.7. The molecule has 0 unspecified atom stereocenters. The fourth-order valence-electron chi connectivity index (χ4n) is 4.60. The maximum absolute atomic E-state index is 13.0. The van der Waals surface area contributed by atoms with Crippen molar-refractivity contribution in [2.24, 2.45) is 11.8 Å². The van der Waals surface area contributed by atoms with Gasteiger partial charge in [-0.05, 0) is 60.6 Å². The summed E-state index contributed by atoms with van der Waals surface area (Å²) in [5.74, 6) is -0.323. The van der Waals surface area contributed by atoms with Crippen molar-refractivity contribution in [3.63, 3.8) is 0 Å². The Balaban J connectivity index is 1.38. The number of hydrogen-bond donors (Lipinski definition) is 0. The van der Waals surface area contributed by atoms with Gasteiger partial charge in [0.25, 0.3) is 5.91 Å². The highest BCUT2D eigenvalue weighted by Crippen LogP contribution is 2.28. The quantitative estimate of drug-likeness (QED) is 0.646. The van der Waals surface area contributed by atoms with Gasteiger partial charge in [-0.1, -0.05) is 32.0 Å². The summed E-state index contributed by atoms with van der Waals surface area (Å²) in [6.07, 6.45) is 1.79. The Morgan fingerprint density at radius 3 is 2.34 bits per heavy atom. The van der Waals surface area contributed by atoms with E-state index in [-0.39, 0.29) is 23.0 Å². The van der Waals surface area contributed by atoms with Gasteiger partial charge in [-0.15, -0.1) is 0 Å². The average molecular weight is 457 g/mol. The number of para-hydroxylation sites is 1. The molecule has 0 N–H and O–H groups in total. The third kappa shape index (κ3) is 4.56. The van der Waals surface area contributed by atoms with Gasteiger partial charge in [0.2, 0.25) is 10.0 Å². The molecule has 8 heteroatoms. The number of carbonyl (C=O) groups is 2. The number of fused-ring (bicyclic) bond motifs is 1. The molecule has 0 saturated carbocycles. The number of anilines is 1. The van der Waals surface area contributed by atoms with E-state index in [9.17, 15) is 18.0 Å². The number of benzene rings is 2. The molecule has 2 aromatic rings. The molecule has 0 aliphatic carbocycles. The van der Waals surface area contributed by atoms with Crippen molar-refractivity contribution in [2.75, 3.05) is 31.1 Å². The molecule has 2 aliphatic rings. The number of rotatable bonds is 5. The van der Waals surface area contributed by atoms with Crippen LogP contribution in [0.2, 0.25) is 0 Å². The fraction of sp³-hybridized carbons (Fsp3) is 0.417. The van der Waals surface area contributed by atoms with Gasteiger partial charge in [0, 0.05) is 25.3 Å². The molecule has 2 aliphatic heterocycles. The number of hydrogen-bond acceptors (Lipinski definition) is 5. The highest BCUT2D eigenvalue weighted by molar-refractivity contribution is 7.89. The molecular weight excluding hydrogens is 428 g/mol. The van der Waals surface area contributed by atoms with E-state index < -0.39 is 16.0 Å². The minimum absolute atomic E-state index is 0.153. The Bertz CT molecular complexity index is 1100. The minimum atomic E-state index is -3.62. The number of carbonyl (C=O) groups excluding carboxylic acids is 2. The summed E-state index contributed by atoms with van der Waals surface area (Å²) >= 11 is 0. The van der Waals surface area contributed by atoms with E-state index in [0.717, 1.165) is 24.1 Å². The highest BCUT2D eigenvalue weighted by atomic mass is 32.2. The van der Waals surface area contributed by atoms with E-state index in [4.69, 9.17) is 4.74 Å². The van der Waals surface area contributed by atoms with Crippen molar-refractivity contribution in [1.29, 1.82) is 0 Å². The number of ether oxygens (including phenoxy) is 1. The second-order valence-electron chi connectivity index (χ2n) is 8.79. The molecule has 1 fully saturated rings. The molecule has 0 spiro atoms. The van der Waals surface area contributed by atoms with Gasteiger partial charge in [-0.3, -0.25) is 4.79 Å². The number of piperidine rings is 1. The normalized spacial score (nSPS) is 21.2. The topological polar surface area (TPSA) is 84.0 Å². The Hall–Kier alpha value is -2.71. The van der Waals surface area contributed by atoms with E-state index >= 15 is 0 Å². The predicted molar refractivity (Wildman–Crippen MR) is 121 cm³/mol. The Labute approximate surface area is 189 Å². The summed E-state index contributed by atoms with van der Waals surface area (Å²) in [6, 6.07) is 13.4. The predicted octanol–water partition coefficient (Wildman–Crippen LogP) is 3.10. The van der Waals surface area contributed by atoms with Crippen molar-refractivity contribution in [3.8, 4) is 0 Å². The second-order valence-corrected chi connectivity index (χ2v) is 10.7. The summed E-state index contributed by atoms with van der Waals surface area (Å²) in [6.45, 7) is 5.31. The van der Waals surface area contributed by atoms with Crippen LogP contribution in [0.3, 0.4) is 0 Å². The number of esters is 1. The zero-order chi connectivity index (χ0) is 22.9. The first kappa shape index (κ1) is 22.5. The van der Waals surface area contributed by atoms with Crippen molar-refractivity contribution in [3.05, 3.63) is 59.7 Å². The maximum atomic E-state index is 13.0. The van der Waals surface area contributed by atoms with Gasteiger partial charge in [0.1, 0.15) is 0 Å². The van der Waals surface area contributed by atoms with Crippen LogP contribution >= 0.6 is 0 Å². The molecule has 1 amide bonds. The van der Waals surface area contributed by atoms with Gasteiger partial charge in [-0.2, -0.15) is 4.31 Å². The molecular formula is C24H28N2O5S. The first-order chi connectivity index (χ1) is 15.3. The van der Waals surface area contributed by atoms with Crippen molar-refractivity contribution in [1.82, 2.24) is 4.31 Å². The molecule has 2 atom stereocenters. The zero-order valence-electron chi connectivity index (χ0n) is 18.4. The van der Waals surface area contributed by atoms with Crippen LogP contribution in [0.4, 0.5) is 5.69 Å². The lowest BCUT2D eigenvalue weighted by Gasteiger charge is -2.34. The highest BCUT2D eigenvalue weighted by Gasteiger charge is 2.32. The number of amides is 1. The van der Waals surface area contributed by atoms with Crippen molar-refractivity contribution < 1.29 is 22.7 Å². The zero-order valence-corrected chi connectivity index (χ0v) is 19.2. The lowest BCUT2D eigenvalue weighted by Crippen LogP contribution is -2.42. The van der Waals surface area contributed by atoms with Gasteiger partial charge in [0.15, 0.2) is 6.61 Å². The maximum Gasteiger partial charge on any atom is 0.338 e. The molecule has 4 rings (SSSR count). The van der Waals surface area contributed by atoms with Gasteiger partial charge in [-0.25, -0.2) is 13.2 Å². The molecule has 0 bridgehead atoms. The molecule has 0 aromatic heterocycles. The smallest absolute Gasteiger partial charge is 0.338 e. The first-order valence-corrected chi connectivity index (χ1v) is 12.4. The Kier molecular flexibility index (Phi) is 6.35. The van der Waals surface area contributed by atoms with E-state index in [1.165, 1.54) is 28.6 Å². The van der Waals surface area contributed by atoms with Crippen molar-refractivity contribution in [2.45, 2.75) is 31.6 Å². The van der Waals surface area contributed by atoms with E-state index in [2.05, 4.69) is 13.8 Å². The molecule has 1 saturated heterocycles. The summed E-state index contributed by atoms with van der Waals surface area (Å²) in [5, 5.41) is 0. The monoisotopic (exact) mass is 456 g/mol. The van der Waals surface area contributed by atoms with Crippen LogP contribution in [-0.4, -0.2) is 50.8 Å². The van der Waals surface area contributed by atoms with Crippen LogP contribution in [0.15, 0.2) is 53.4 Å². The molecule has 170 valence electrons. The lowest BCUT2D eigenvalue weighted by molar-refractivity contribution is -0.121. The molecule has 2 heterocycles. The van der Waals surface area contributed by atoms with Gasteiger partial charge < -0.3 is 9.64 Å². The van der Waals surface area contributed by atoms with Crippen LogP contribution in [0.25, 0.3) is 0 Å². The Morgan fingerprint density at radius 1 is 1.00 bits per heavy atom. The van der Waals surface area contributed by atoms with Gasteiger partial charge in [0.05, 0.1) is 10.5 Å². The number of nitrogens with zero attached hydrogens (tertiary/aromatic N) is 2. The fourth-order valence-corrected chi connectivity index (χ4v) is 6.28. The van der Waals surface area contributed by atoms with E-state index in [0.29, 0.717) is 31.5 Å². The van der Waals surface area contributed by atoms with Crippen molar-refractivity contribution >= 4 is 27.6 Å². The summed E-state index contributed by atoms with van der Waals surface area (Å²) < 4.78 is 32.7. The van der Waals surface area contributed by atoms with Gasteiger partial charge >= 0.3 is 5.97 Å². The summed E-state index contributed by atoms with van der Waals surface area (Å²) in [7, 11) is -3.62. The van der Waals surface area contributed by atoms with Crippen LogP contribution in [-0.2, 0) is 26.0 Å². The molecule has 0 radical (unpaired) electrons. The third-order valence-electron chi connectivity index (χ3n) is 6.08. The largest absolute Gasteiger partial charge is 0.452 e. The number of sulfonamides is 1.